The summed E-state index contributed by atoms with van der Waals surface area (Å²) in [5.41, 5.74) is 0.0595. The Bertz CT molecular complexity index is 372. The van der Waals surface area contributed by atoms with Gasteiger partial charge in [-0.15, -0.1) is 0 Å². The van der Waals surface area contributed by atoms with Gasteiger partial charge in [0.2, 0.25) is 0 Å². The van der Waals surface area contributed by atoms with Crippen molar-refractivity contribution in [1.82, 2.24) is 0 Å². The minimum absolute atomic E-state index is 0.0244. The van der Waals surface area contributed by atoms with Crippen LogP contribution < -0.4 is 0 Å². The standard InChI is InChI=1S/C14H20O3/c1-8-10-7-11-9(5-6-14(11,2)16)3-4-12(10)17-13(8)15/h9-12,16H,1,3-7H2,2H3/t9-,10?,11-,12+,14-/m1/s1. The van der Waals surface area contributed by atoms with Crippen molar-refractivity contribution < 1.29 is 14.6 Å². The highest BCUT2D eigenvalue weighted by atomic mass is 16.6. The summed E-state index contributed by atoms with van der Waals surface area (Å²) >= 11 is 0. The molecule has 0 aromatic rings. The van der Waals surface area contributed by atoms with E-state index in [4.69, 9.17) is 4.74 Å². The first-order chi connectivity index (χ1) is 7.99. The van der Waals surface area contributed by atoms with E-state index >= 15 is 0 Å². The summed E-state index contributed by atoms with van der Waals surface area (Å²) in [7, 11) is 0. The van der Waals surface area contributed by atoms with Gasteiger partial charge in [0, 0.05) is 11.5 Å². The summed E-state index contributed by atoms with van der Waals surface area (Å²) in [5.74, 6) is 0.823. The maximum absolute atomic E-state index is 11.5. The second kappa shape index (κ2) is 3.58. The average molecular weight is 236 g/mol. The SMILES string of the molecule is C=C1C(=O)O[C@H]2CC[C@@H]3CC[C@@](C)(O)[C@@H]3CC12. The van der Waals surface area contributed by atoms with Crippen LogP contribution in [0, 0.1) is 17.8 Å². The molecule has 0 aromatic carbocycles. The second-order valence-electron chi connectivity index (χ2n) is 6.15. The second-order valence-corrected chi connectivity index (χ2v) is 6.15. The molecule has 2 aliphatic carbocycles. The van der Waals surface area contributed by atoms with Crippen LogP contribution in [0.15, 0.2) is 12.2 Å². The molecule has 5 atom stereocenters. The van der Waals surface area contributed by atoms with E-state index in [9.17, 15) is 9.90 Å². The lowest BCUT2D eigenvalue weighted by atomic mass is 9.79. The summed E-state index contributed by atoms with van der Waals surface area (Å²) in [5, 5.41) is 10.4. The van der Waals surface area contributed by atoms with Gasteiger partial charge in [-0.2, -0.15) is 0 Å². The first-order valence-electron chi connectivity index (χ1n) is 6.61. The molecule has 3 nitrogen and oxygen atoms in total. The predicted octanol–water partition coefficient (Wildman–Crippen LogP) is 2.05. The molecule has 2 saturated carbocycles. The Balaban J connectivity index is 1.87. The molecule has 0 bridgehead atoms. The molecular weight excluding hydrogens is 216 g/mol. The minimum atomic E-state index is -0.564. The third kappa shape index (κ3) is 1.63. The highest BCUT2D eigenvalue weighted by molar-refractivity contribution is 5.90. The van der Waals surface area contributed by atoms with E-state index < -0.39 is 5.60 Å². The van der Waals surface area contributed by atoms with Gasteiger partial charge < -0.3 is 9.84 Å². The zero-order valence-electron chi connectivity index (χ0n) is 10.3. The Morgan fingerprint density at radius 3 is 2.94 bits per heavy atom. The first-order valence-corrected chi connectivity index (χ1v) is 6.61. The molecular formula is C14H20O3. The molecule has 0 aromatic heterocycles. The van der Waals surface area contributed by atoms with Gasteiger partial charge in [0.05, 0.1) is 5.60 Å². The fraction of sp³-hybridized carbons (Fsp3) is 0.786. The van der Waals surface area contributed by atoms with Crippen LogP contribution in [-0.2, 0) is 9.53 Å². The lowest BCUT2D eigenvalue weighted by Crippen LogP contribution is -2.33. The highest BCUT2D eigenvalue weighted by Gasteiger charge is 2.50. The molecule has 1 aliphatic heterocycles. The van der Waals surface area contributed by atoms with Gasteiger partial charge in [-0.25, -0.2) is 4.79 Å². The van der Waals surface area contributed by atoms with Crippen LogP contribution in [0.1, 0.15) is 39.0 Å². The van der Waals surface area contributed by atoms with Gasteiger partial charge in [0.15, 0.2) is 0 Å². The molecule has 94 valence electrons. The summed E-state index contributed by atoms with van der Waals surface area (Å²) in [6.07, 6.45) is 4.90. The molecule has 3 fully saturated rings. The Kier molecular flexibility index (Phi) is 2.37. The first kappa shape index (κ1) is 11.3. The smallest absolute Gasteiger partial charge is 0.334 e. The van der Waals surface area contributed by atoms with Crippen molar-refractivity contribution in [2.75, 3.05) is 0 Å². The zero-order valence-corrected chi connectivity index (χ0v) is 10.3. The summed E-state index contributed by atoms with van der Waals surface area (Å²) < 4.78 is 5.37. The number of hydrogen-bond donors (Lipinski definition) is 1. The summed E-state index contributed by atoms with van der Waals surface area (Å²) in [4.78, 5) is 11.5. The molecule has 1 N–H and O–H groups in total. The Morgan fingerprint density at radius 2 is 2.18 bits per heavy atom. The molecule has 3 heteroatoms. The minimum Gasteiger partial charge on any atom is -0.458 e. The number of fused-ring (bicyclic) bond motifs is 2. The normalized spacial score (nSPS) is 49.5. The number of carbonyl (C=O) groups is 1. The monoisotopic (exact) mass is 236 g/mol. The molecule has 3 aliphatic rings. The van der Waals surface area contributed by atoms with E-state index in [1.165, 1.54) is 0 Å². The van der Waals surface area contributed by atoms with E-state index in [0.717, 1.165) is 32.1 Å². The summed E-state index contributed by atoms with van der Waals surface area (Å²) in [6, 6.07) is 0. The molecule has 0 spiro atoms. The number of esters is 1. The number of aliphatic hydroxyl groups is 1. The fourth-order valence-electron chi connectivity index (χ4n) is 4.04. The van der Waals surface area contributed by atoms with E-state index in [1.54, 1.807) is 0 Å². The largest absolute Gasteiger partial charge is 0.458 e. The van der Waals surface area contributed by atoms with Gasteiger partial charge in [-0.3, -0.25) is 0 Å². The molecule has 1 heterocycles. The van der Waals surface area contributed by atoms with E-state index in [2.05, 4.69) is 6.58 Å². The molecule has 0 radical (unpaired) electrons. The number of carbonyl (C=O) groups excluding carboxylic acids is 1. The maximum Gasteiger partial charge on any atom is 0.334 e. The van der Waals surface area contributed by atoms with Crippen molar-refractivity contribution in [3.63, 3.8) is 0 Å². The van der Waals surface area contributed by atoms with Crippen molar-refractivity contribution in [1.29, 1.82) is 0 Å². The Labute approximate surface area is 102 Å². The van der Waals surface area contributed by atoms with E-state index in [-0.39, 0.29) is 18.0 Å². The van der Waals surface area contributed by atoms with E-state index in [0.29, 0.717) is 17.4 Å². The van der Waals surface area contributed by atoms with Crippen molar-refractivity contribution in [2.24, 2.45) is 17.8 Å². The van der Waals surface area contributed by atoms with Gasteiger partial charge in [0.25, 0.3) is 0 Å². The lowest BCUT2D eigenvalue weighted by molar-refractivity contribution is -0.139. The highest BCUT2D eigenvalue weighted by Crippen LogP contribution is 2.51. The van der Waals surface area contributed by atoms with Crippen molar-refractivity contribution in [3.8, 4) is 0 Å². The molecule has 3 rings (SSSR count). The third-order valence-electron chi connectivity index (χ3n) is 5.14. The van der Waals surface area contributed by atoms with Crippen LogP contribution in [0.2, 0.25) is 0 Å². The summed E-state index contributed by atoms with van der Waals surface area (Å²) in [6.45, 7) is 5.81. The van der Waals surface area contributed by atoms with Crippen molar-refractivity contribution in [2.45, 2.75) is 50.7 Å². The maximum atomic E-state index is 11.5. The van der Waals surface area contributed by atoms with Crippen molar-refractivity contribution in [3.05, 3.63) is 12.2 Å². The Hall–Kier alpha value is -0.830. The topological polar surface area (TPSA) is 46.5 Å². The lowest BCUT2D eigenvalue weighted by Gasteiger charge is -2.29. The van der Waals surface area contributed by atoms with Gasteiger partial charge in [-0.1, -0.05) is 6.58 Å². The molecule has 1 unspecified atom stereocenters. The van der Waals surface area contributed by atoms with Gasteiger partial charge in [-0.05, 0) is 50.9 Å². The quantitative estimate of drug-likeness (QED) is 0.517. The molecule has 0 amide bonds. The van der Waals surface area contributed by atoms with E-state index in [1.807, 2.05) is 6.92 Å². The molecule has 1 saturated heterocycles. The number of hydrogen-bond acceptors (Lipinski definition) is 3. The van der Waals surface area contributed by atoms with Crippen molar-refractivity contribution >= 4 is 5.97 Å². The Morgan fingerprint density at radius 1 is 1.41 bits per heavy atom. The number of ether oxygens (including phenoxy) is 1. The van der Waals surface area contributed by atoms with Crippen LogP contribution in [0.3, 0.4) is 0 Å². The van der Waals surface area contributed by atoms with Crippen LogP contribution in [0.5, 0.6) is 0 Å². The van der Waals surface area contributed by atoms with Gasteiger partial charge >= 0.3 is 5.97 Å². The third-order valence-corrected chi connectivity index (χ3v) is 5.14. The van der Waals surface area contributed by atoms with Crippen LogP contribution in [0.4, 0.5) is 0 Å². The average Bonchev–Trinajstić information content (AvgIpc) is 2.62. The van der Waals surface area contributed by atoms with Crippen LogP contribution >= 0.6 is 0 Å². The predicted molar refractivity (Wildman–Crippen MR) is 63.2 cm³/mol. The molecule has 17 heavy (non-hydrogen) atoms. The van der Waals surface area contributed by atoms with Crippen LogP contribution in [0.25, 0.3) is 0 Å². The van der Waals surface area contributed by atoms with Gasteiger partial charge in [0.1, 0.15) is 6.10 Å². The number of rotatable bonds is 0. The fourth-order valence-corrected chi connectivity index (χ4v) is 4.04. The van der Waals surface area contributed by atoms with Crippen LogP contribution in [-0.4, -0.2) is 22.8 Å². The zero-order chi connectivity index (χ0) is 12.2.